The summed E-state index contributed by atoms with van der Waals surface area (Å²) in [6.45, 7) is 0.625. The Morgan fingerprint density at radius 2 is 1.85 bits per heavy atom. The van der Waals surface area contributed by atoms with Gasteiger partial charge in [-0.15, -0.1) is 0 Å². The number of aromatic nitrogens is 1. The van der Waals surface area contributed by atoms with E-state index in [1.165, 1.54) is 13.3 Å². The molecule has 4 rings (SSSR count). The Bertz CT molecular complexity index is 1300. The number of carboxylic acids is 1. The summed E-state index contributed by atoms with van der Waals surface area (Å²) < 4.78 is 74.8. The lowest BCUT2D eigenvalue weighted by Gasteiger charge is -2.39. The van der Waals surface area contributed by atoms with Gasteiger partial charge in [0.25, 0.3) is 0 Å². The molecule has 0 saturated carbocycles. The number of aliphatic carboxylic acids is 1. The molecular formula is C29H31F5N2O3. The van der Waals surface area contributed by atoms with Crippen LogP contribution in [0.25, 0.3) is 10.9 Å². The molecule has 1 aromatic heterocycles. The Kier molecular flexibility index (Phi) is 9.04. The molecule has 3 aromatic rings. The number of likely N-dealkylation sites (tertiary alicyclic amines) is 1. The Labute approximate surface area is 223 Å². The van der Waals surface area contributed by atoms with E-state index in [-0.39, 0.29) is 24.0 Å². The summed E-state index contributed by atoms with van der Waals surface area (Å²) in [5.41, 5.74) is 0.0427. The number of piperidine rings is 1. The number of pyridine rings is 1. The fraction of sp³-hybridized carbons (Fsp3) is 0.448. The number of alkyl halides is 2. The first-order valence-corrected chi connectivity index (χ1v) is 12.9. The molecule has 1 aliphatic heterocycles. The number of benzene rings is 2. The van der Waals surface area contributed by atoms with Crippen molar-refractivity contribution in [3.63, 3.8) is 0 Å². The lowest BCUT2D eigenvalue weighted by Crippen LogP contribution is -2.44. The minimum absolute atomic E-state index is 0.0860. The van der Waals surface area contributed by atoms with Gasteiger partial charge < -0.3 is 14.7 Å². The van der Waals surface area contributed by atoms with Crippen LogP contribution in [0.1, 0.15) is 55.0 Å². The second kappa shape index (κ2) is 12.3. The maximum atomic E-state index is 15.7. The summed E-state index contributed by atoms with van der Waals surface area (Å²) in [6.07, 6.45) is 1.27. The highest BCUT2D eigenvalue weighted by atomic mass is 19.2. The predicted octanol–water partition coefficient (Wildman–Crippen LogP) is 6.72. The van der Waals surface area contributed by atoms with Crippen LogP contribution in [-0.4, -0.2) is 47.7 Å². The number of carbonyl (C=O) groups is 1. The smallest absolute Gasteiger partial charge is 0.309 e. The summed E-state index contributed by atoms with van der Waals surface area (Å²) in [6, 6.07) is 6.93. The zero-order valence-electron chi connectivity index (χ0n) is 21.7. The van der Waals surface area contributed by atoms with E-state index in [4.69, 9.17) is 4.74 Å². The van der Waals surface area contributed by atoms with Crippen LogP contribution < -0.4 is 4.74 Å². The van der Waals surface area contributed by atoms with Crippen LogP contribution in [0, 0.1) is 22.9 Å². The minimum atomic E-state index is -1.58. The fourth-order valence-electron chi connectivity index (χ4n) is 5.42. The van der Waals surface area contributed by atoms with E-state index in [2.05, 4.69) is 9.88 Å². The second-order valence-corrected chi connectivity index (χ2v) is 10.1. The monoisotopic (exact) mass is 550 g/mol. The number of carboxylic acid groups (broad SMARTS) is 1. The molecule has 1 aliphatic rings. The lowest BCUT2D eigenvalue weighted by atomic mass is 9.74. The lowest BCUT2D eigenvalue weighted by molar-refractivity contribution is -0.153. The minimum Gasteiger partial charge on any atom is -0.497 e. The number of methoxy groups -OCH3 is 1. The summed E-state index contributed by atoms with van der Waals surface area (Å²) in [4.78, 5) is 18.6. The normalized spacial score (nSPS) is 16.4. The Morgan fingerprint density at radius 1 is 1.15 bits per heavy atom. The van der Waals surface area contributed by atoms with Crippen molar-refractivity contribution < 1.29 is 36.6 Å². The van der Waals surface area contributed by atoms with Crippen LogP contribution in [0.5, 0.6) is 5.75 Å². The van der Waals surface area contributed by atoms with Crippen molar-refractivity contribution in [2.45, 2.75) is 51.4 Å². The standard InChI is InChI=1S/C29H31F5N2O3/c1-39-20-4-5-25-21(15-20)26(19(16-30)17-35-25)22(31)6-7-29(28(37)38)8-11-36(12-9-29)10-2-3-18-13-23(32)27(34)24(33)14-18/h4-5,13-15,17,22H,2-3,6-12,16H2,1H3,(H,37,38)/t22-/m0/s1. The Balaban J connectivity index is 1.38. The topological polar surface area (TPSA) is 62.7 Å². The van der Waals surface area contributed by atoms with Gasteiger partial charge in [-0.05, 0) is 94.1 Å². The molecule has 0 spiro atoms. The predicted molar refractivity (Wildman–Crippen MR) is 137 cm³/mol. The van der Waals surface area contributed by atoms with Crippen molar-refractivity contribution in [1.82, 2.24) is 9.88 Å². The van der Waals surface area contributed by atoms with Gasteiger partial charge in [0.05, 0.1) is 18.0 Å². The number of nitrogens with zero attached hydrogens (tertiary/aromatic N) is 2. The molecule has 0 bridgehead atoms. The molecule has 1 N–H and O–H groups in total. The van der Waals surface area contributed by atoms with E-state index in [1.807, 2.05) is 0 Å². The molecule has 39 heavy (non-hydrogen) atoms. The Morgan fingerprint density at radius 3 is 2.46 bits per heavy atom. The maximum absolute atomic E-state index is 15.7. The summed E-state index contributed by atoms with van der Waals surface area (Å²) in [5.74, 6) is -4.44. The quantitative estimate of drug-likeness (QED) is 0.212. The molecule has 0 aliphatic carbocycles. The van der Waals surface area contributed by atoms with Crippen LogP contribution in [0.4, 0.5) is 22.0 Å². The van der Waals surface area contributed by atoms with E-state index in [0.29, 0.717) is 67.5 Å². The third-order valence-corrected chi connectivity index (χ3v) is 7.78. The van der Waals surface area contributed by atoms with Crippen LogP contribution >= 0.6 is 0 Å². The maximum Gasteiger partial charge on any atom is 0.309 e. The number of rotatable bonds is 11. The molecule has 2 heterocycles. The van der Waals surface area contributed by atoms with Crippen molar-refractivity contribution in [2.24, 2.45) is 5.41 Å². The highest BCUT2D eigenvalue weighted by Crippen LogP contribution is 2.41. The molecule has 5 nitrogen and oxygen atoms in total. The van der Waals surface area contributed by atoms with Crippen LogP contribution in [0.3, 0.4) is 0 Å². The van der Waals surface area contributed by atoms with Crippen molar-refractivity contribution in [2.75, 3.05) is 26.7 Å². The number of ether oxygens (including phenoxy) is 1. The number of hydrogen-bond donors (Lipinski definition) is 1. The molecule has 1 fully saturated rings. The summed E-state index contributed by atoms with van der Waals surface area (Å²) in [7, 11) is 1.48. The van der Waals surface area contributed by atoms with Gasteiger partial charge in [0, 0.05) is 22.7 Å². The molecule has 210 valence electrons. The first-order valence-electron chi connectivity index (χ1n) is 12.9. The highest BCUT2D eigenvalue weighted by molar-refractivity contribution is 5.85. The van der Waals surface area contributed by atoms with E-state index in [1.54, 1.807) is 18.2 Å². The molecule has 0 unspecified atom stereocenters. The van der Waals surface area contributed by atoms with E-state index < -0.39 is 41.7 Å². The molecule has 0 amide bonds. The first-order chi connectivity index (χ1) is 18.7. The number of halogens is 5. The van der Waals surface area contributed by atoms with Gasteiger partial charge in [-0.3, -0.25) is 9.78 Å². The average Bonchev–Trinajstić information content (AvgIpc) is 2.94. The van der Waals surface area contributed by atoms with E-state index in [0.717, 1.165) is 12.1 Å². The van der Waals surface area contributed by atoms with Crippen LogP contribution in [0.2, 0.25) is 0 Å². The largest absolute Gasteiger partial charge is 0.497 e. The summed E-state index contributed by atoms with van der Waals surface area (Å²) in [5, 5.41) is 10.5. The Hall–Kier alpha value is -3.27. The summed E-state index contributed by atoms with van der Waals surface area (Å²) >= 11 is 0. The highest BCUT2D eigenvalue weighted by Gasteiger charge is 2.41. The van der Waals surface area contributed by atoms with Crippen LogP contribution in [0.15, 0.2) is 36.5 Å². The van der Waals surface area contributed by atoms with Crippen LogP contribution in [-0.2, 0) is 17.9 Å². The number of hydrogen-bond acceptors (Lipinski definition) is 4. The van der Waals surface area contributed by atoms with E-state index in [9.17, 15) is 27.5 Å². The molecule has 1 atom stereocenters. The zero-order chi connectivity index (χ0) is 28.2. The third-order valence-electron chi connectivity index (χ3n) is 7.78. The molecule has 2 aromatic carbocycles. The molecular weight excluding hydrogens is 519 g/mol. The van der Waals surface area contributed by atoms with Gasteiger partial charge in [-0.25, -0.2) is 22.0 Å². The van der Waals surface area contributed by atoms with Gasteiger partial charge in [-0.1, -0.05) is 0 Å². The first kappa shape index (κ1) is 28.7. The number of fused-ring (bicyclic) bond motifs is 1. The molecule has 0 radical (unpaired) electrons. The van der Waals surface area contributed by atoms with Crippen molar-refractivity contribution >= 4 is 16.9 Å². The average molecular weight is 551 g/mol. The fourth-order valence-corrected chi connectivity index (χ4v) is 5.42. The SMILES string of the molecule is COc1ccc2ncc(CF)c([C@@H](F)CCC3(C(=O)O)CCN(CCCc4cc(F)c(F)c(F)c4)CC3)c2c1. The molecule has 1 saturated heterocycles. The van der Waals surface area contributed by atoms with Gasteiger partial charge in [-0.2, -0.15) is 0 Å². The van der Waals surface area contributed by atoms with Gasteiger partial charge in [0.1, 0.15) is 18.6 Å². The number of aryl methyl sites for hydroxylation is 1. The van der Waals surface area contributed by atoms with Gasteiger partial charge in [0.2, 0.25) is 0 Å². The van der Waals surface area contributed by atoms with E-state index >= 15 is 4.39 Å². The van der Waals surface area contributed by atoms with Crippen molar-refractivity contribution in [1.29, 1.82) is 0 Å². The zero-order valence-corrected chi connectivity index (χ0v) is 21.7. The van der Waals surface area contributed by atoms with Gasteiger partial charge >= 0.3 is 5.97 Å². The van der Waals surface area contributed by atoms with Crippen molar-refractivity contribution in [3.8, 4) is 5.75 Å². The van der Waals surface area contributed by atoms with Crippen molar-refractivity contribution in [3.05, 3.63) is 70.7 Å². The van der Waals surface area contributed by atoms with Gasteiger partial charge in [0.15, 0.2) is 17.5 Å². The second-order valence-electron chi connectivity index (χ2n) is 10.1. The molecule has 10 heteroatoms. The third kappa shape index (κ3) is 6.32.